The molecule has 0 radical (unpaired) electrons. The normalized spacial score (nSPS) is 11.9. The van der Waals surface area contributed by atoms with Crippen LogP contribution in [0.1, 0.15) is 17.9 Å². The number of hydrogen-bond donors (Lipinski definition) is 2. The van der Waals surface area contributed by atoms with Crippen LogP contribution in [-0.2, 0) is 4.79 Å². The number of hydrogen-bond acceptors (Lipinski definition) is 3. The summed E-state index contributed by atoms with van der Waals surface area (Å²) in [4.78, 5) is 12.1. The van der Waals surface area contributed by atoms with Crippen molar-refractivity contribution in [1.82, 2.24) is 5.32 Å². The van der Waals surface area contributed by atoms with Gasteiger partial charge in [0.25, 0.3) is 5.91 Å². The smallest absolute Gasteiger partial charge is 0.257 e. The van der Waals surface area contributed by atoms with Crippen LogP contribution in [0.15, 0.2) is 72.8 Å². The molecule has 3 aromatic carbocycles. The Bertz CT molecular complexity index is 848. The first-order chi connectivity index (χ1) is 12.8. The first-order valence-corrected chi connectivity index (χ1v) is 8.80. The number of ether oxygens (including phenoxy) is 1. The molecule has 0 aliphatic heterocycles. The first kappa shape index (κ1) is 18.0. The van der Waals surface area contributed by atoms with Gasteiger partial charge in [-0.1, -0.05) is 60.7 Å². The SMILES string of the molecule is O=C(COc1ccc2ccccc2c1)NCC(CCO)c1ccccc1. The Labute approximate surface area is 153 Å². The van der Waals surface area contributed by atoms with Crippen molar-refractivity contribution < 1.29 is 14.6 Å². The molecule has 4 nitrogen and oxygen atoms in total. The quantitative estimate of drug-likeness (QED) is 0.654. The lowest BCUT2D eigenvalue weighted by Crippen LogP contribution is -2.32. The molecule has 0 spiro atoms. The van der Waals surface area contributed by atoms with E-state index in [-0.39, 0.29) is 25.0 Å². The lowest BCUT2D eigenvalue weighted by Gasteiger charge is -2.17. The van der Waals surface area contributed by atoms with Crippen LogP contribution >= 0.6 is 0 Å². The van der Waals surface area contributed by atoms with Crippen molar-refractivity contribution in [3.05, 3.63) is 78.4 Å². The third-order valence-electron chi connectivity index (χ3n) is 4.39. The van der Waals surface area contributed by atoms with E-state index in [1.165, 1.54) is 0 Å². The minimum absolute atomic E-state index is 0.0288. The van der Waals surface area contributed by atoms with E-state index < -0.39 is 0 Å². The molecule has 1 amide bonds. The number of fused-ring (bicyclic) bond motifs is 1. The van der Waals surface area contributed by atoms with Gasteiger partial charge in [0.1, 0.15) is 5.75 Å². The summed E-state index contributed by atoms with van der Waals surface area (Å²) in [7, 11) is 0. The number of rotatable bonds is 8. The number of carbonyl (C=O) groups excluding carboxylic acids is 1. The van der Waals surface area contributed by atoms with Crippen molar-refractivity contribution in [3.8, 4) is 5.75 Å². The van der Waals surface area contributed by atoms with Crippen molar-refractivity contribution in [2.75, 3.05) is 19.8 Å². The summed E-state index contributed by atoms with van der Waals surface area (Å²) in [5.41, 5.74) is 1.11. The van der Waals surface area contributed by atoms with Crippen LogP contribution < -0.4 is 10.1 Å². The highest BCUT2D eigenvalue weighted by Gasteiger charge is 2.12. The van der Waals surface area contributed by atoms with Gasteiger partial charge < -0.3 is 15.2 Å². The van der Waals surface area contributed by atoms with E-state index in [2.05, 4.69) is 5.32 Å². The fraction of sp³-hybridized carbons (Fsp3) is 0.227. The van der Waals surface area contributed by atoms with E-state index in [1.54, 1.807) is 0 Å². The maximum atomic E-state index is 12.1. The summed E-state index contributed by atoms with van der Waals surface area (Å²) in [6, 6.07) is 23.7. The lowest BCUT2D eigenvalue weighted by molar-refractivity contribution is -0.123. The molecule has 0 heterocycles. The van der Waals surface area contributed by atoms with Gasteiger partial charge in [-0.25, -0.2) is 0 Å². The fourth-order valence-electron chi connectivity index (χ4n) is 2.96. The molecule has 3 rings (SSSR count). The zero-order chi connectivity index (χ0) is 18.2. The summed E-state index contributed by atoms with van der Waals surface area (Å²) < 4.78 is 5.61. The third kappa shape index (κ3) is 4.83. The second-order valence-corrected chi connectivity index (χ2v) is 6.22. The molecule has 1 unspecified atom stereocenters. The second kappa shape index (κ2) is 9.02. The average Bonchev–Trinajstić information content (AvgIpc) is 2.70. The van der Waals surface area contributed by atoms with Crippen molar-refractivity contribution in [1.29, 1.82) is 0 Å². The van der Waals surface area contributed by atoms with Crippen molar-refractivity contribution in [2.24, 2.45) is 0 Å². The van der Waals surface area contributed by atoms with E-state index in [0.29, 0.717) is 18.7 Å². The summed E-state index contributed by atoms with van der Waals surface area (Å²) in [5.74, 6) is 0.594. The van der Waals surface area contributed by atoms with Crippen LogP contribution in [0.2, 0.25) is 0 Å². The van der Waals surface area contributed by atoms with Gasteiger partial charge in [0.05, 0.1) is 0 Å². The van der Waals surface area contributed by atoms with Gasteiger partial charge in [0.2, 0.25) is 0 Å². The third-order valence-corrected chi connectivity index (χ3v) is 4.39. The van der Waals surface area contributed by atoms with Crippen LogP contribution in [0.3, 0.4) is 0 Å². The van der Waals surface area contributed by atoms with Gasteiger partial charge in [-0.15, -0.1) is 0 Å². The molecule has 134 valence electrons. The molecule has 0 aliphatic rings. The molecule has 0 saturated carbocycles. The van der Waals surface area contributed by atoms with E-state index in [0.717, 1.165) is 16.3 Å². The number of aliphatic hydroxyl groups excluding tert-OH is 1. The second-order valence-electron chi connectivity index (χ2n) is 6.22. The van der Waals surface area contributed by atoms with Crippen molar-refractivity contribution in [2.45, 2.75) is 12.3 Å². The molecule has 0 aromatic heterocycles. The summed E-state index contributed by atoms with van der Waals surface area (Å²) in [6.45, 7) is 0.534. The van der Waals surface area contributed by atoms with E-state index in [4.69, 9.17) is 4.74 Å². The predicted molar refractivity (Wildman–Crippen MR) is 103 cm³/mol. The Morgan fingerprint density at radius 3 is 2.46 bits per heavy atom. The van der Waals surface area contributed by atoms with Crippen molar-refractivity contribution >= 4 is 16.7 Å². The number of aliphatic hydroxyl groups is 1. The standard InChI is InChI=1S/C22H23NO3/c24-13-12-20(17-6-2-1-3-7-17)15-23-22(25)16-26-21-11-10-18-8-4-5-9-19(18)14-21/h1-11,14,20,24H,12-13,15-16H2,(H,23,25). The van der Waals surface area contributed by atoms with Crippen LogP contribution in [0.5, 0.6) is 5.75 Å². The van der Waals surface area contributed by atoms with Crippen LogP contribution in [0.4, 0.5) is 0 Å². The number of carbonyl (C=O) groups is 1. The Morgan fingerprint density at radius 1 is 0.962 bits per heavy atom. The fourth-order valence-corrected chi connectivity index (χ4v) is 2.96. The molecule has 1 atom stereocenters. The maximum Gasteiger partial charge on any atom is 0.257 e. The zero-order valence-electron chi connectivity index (χ0n) is 14.6. The molecular formula is C22H23NO3. The molecule has 4 heteroatoms. The van der Waals surface area contributed by atoms with Gasteiger partial charge in [-0.3, -0.25) is 4.79 Å². The summed E-state index contributed by atoms with van der Waals surface area (Å²) in [6.07, 6.45) is 0.607. The number of benzene rings is 3. The molecule has 0 aliphatic carbocycles. The molecule has 26 heavy (non-hydrogen) atoms. The van der Waals surface area contributed by atoms with E-state index >= 15 is 0 Å². The van der Waals surface area contributed by atoms with Gasteiger partial charge in [0.15, 0.2) is 6.61 Å². The van der Waals surface area contributed by atoms with Crippen LogP contribution in [0.25, 0.3) is 10.8 Å². The molecular weight excluding hydrogens is 326 g/mol. The Hall–Kier alpha value is -2.85. The molecule has 2 N–H and O–H groups in total. The van der Waals surface area contributed by atoms with Crippen molar-refractivity contribution in [3.63, 3.8) is 0 Å². The Kier molecular flexibility index (Phi) is 6.23. The average molecular weight is 349 g/mol. The summed E-state index contributed by atoms with van der Waals surface area (Å²) >= 11 is 0. The van der Waals surface area contributed by atoms with Gasteiger partial charge in [-0.05, 0) is 34.9 Å². The molecule has 3 aromatic rings. The highest BCUT2D eigenvalue weighted by molar-refractivity contribution is 5.84. The van der Waals surface area contributed by atoms with Crippen LogP contribution in [-0.4, -0.2) is 30.8 Å². The maximum absolute atomic E-state index is 12.1. The molecule has 0 fully saturated rings. The van der Waals surface area contributed by atoms with E-state index in [9.17, 15) is 9.90 Å². The Balaban J connectivity index is 1.52. The number of amides is 1. The molecule has 0 bridgehead atoms. The highest BCUT2D eigenvalue weighted by Crippen LogP contribution is 2.21. The minimum atomic E-state index is -0.169. The van der Waals surface area contributed by atoms with Gasteiger partial charge in [-0.2, -0.15) is 0 Å². The first-order valence-electron chi connectivity index (χ1n) is 8.80. The largest absolute Gasteiger partial charge is 0.484 e. The Morgan fingerprint density at radius 2 is 1.69 bits per heavy atom. The minimum Gasteiger partial charge on any atom is -0.484 e. The van der Waals surface area contributed by atoms with E-state index in [1.807, 2.05) is 72.8 Å². The van der Waals surface area contributed by atoms with Crippen LogP contribution in [0, 0.1) is 0 Å². The van der Waals surface area contributed by atoms with Gasteiger partial charge in [0, 0.05) is 19.1 Å². The van der Waals surface area contributed by atoms with Gasteiger partial charge >= 0.3 is 0 Å². The predicted octanol–water partition coefficient (Wildman–Crippen LogP) is 3.50. The summed E-state index contributed by atoms with van der Waals surface area (Å²) in [5, 5.41) is 14.4. The lowest BCUT2D eigenvalue weighted by atomic mass is 9.96. The monoisotopic (exact) mass is 349 g/mol. The number of nitrogens with one attached hydrogen (secondary N) is 1. The highest BCUT2D eigenvalue weighted by atomic mass is 16.5. The topological polar surface area (TPSA) is 58.6 Å². The molecule has 0 saturated heterocycles. The zero-order valence-corrected chi connectivity index (χ0v) is 14.6.